The lowest BCUT2D eigenvalue weighted by atomic mass is 10.00. The first-order valence-electron chi connectivity index (χ1n) is 5.43. The van der Waals surface area contributed by atoms with Crippen molar-refractivity contribution in [2.24, 2.45) is 5.92 Å². The van der Waals surface area contributed by atoms with Crippen LogP contribution in [0.4, 0.5) is 0 Å². The van der Waals surface area contributed by atoms with Gasteiger partial charge in [-0.15, -0.1) is 0 Å². The Morgan fingerprint density at radius 1 is 1.43 bits per heavy atom. The Bertz CT molecular complexity index is 281. The second-order valence-electron chi connectivity index (χ2n) is 4.09. The van der Waals surface area contributed by atoms with Crippen molar-refractivity contribution < 1.29 is 9.21 Å². The molecule has 0 atom stereocenters. The van der Waals surface area contributed by atoms with Gasteiger partial charge < -0.3 is 4.42 Å². The number of Topliss-reactive ketones (excluding diaryl/α,β-unsaturated/α-hetero) is 1. The highest BCUT2D eigenvalue weighted by atomic mass is 16.3. The molecule has 2 heteroatoms. The summed E-state index contributed by atoms with van der Waals surface area (Å²) in [5.74, 6) is 1.46. The van der Waals surface area contributed by atoms with Gasteiger partial charge in [-0.2, -0.15) is 0 Å². The Hall–Kier alpha value is -1.05. The molecule has 0 saturated heterocycles. The highest BCUT2D eigenvalue weighted by molar-refractivity contribution is 5.93. The minimum atomic E-state index is 0.155. The van der Waals surface area contributed by atoms with Crippen molar-refractivity contribution in [2.45, 2.75) is 38.5 Å². The molecule has 0 radical (unpaired) electrons. The van der Waals surface area contributed by atoms with Gasteiger partial charge in [0.15, 0.2) is 11.5 Å². The van der Waals surface area contributed by atoms with E-state index in [9.17, 15) is 4.79 Å². The second kappa shape index (κ2) is 4.45. The van der Waals surface area contributed by atoms with Crippen LogP contribution in [0.5, 0.6) is 0 Å². The summed E-state index contributed by atoms with van der Waals surface area (Å²) in [4.78, 5) is 11.6. The molecule has 0 N–H and O–H groups in total. The Kier molecular flexibility index (Phi) is 3.02. The Labute approximate surface area is 84.3 Å². The minimum absolute atomic E-state index is 0.155. The third kappa shape index (κ3) is 2.25. The minimum Gasteiger partial charge on any atom is -0.461 e. The van der Waals surface area contributed by atoms with Crippen molar-refractivity contribution in [3.8, 4) is 0 Å². The second-order valence-corrected chi connectivity index (χ2v) is 4.09. The van der Waals surface area contributed by atoms with E-state index < -0.39 is 0 Å². The SMILES string of the molecule is O=C(CCC1CCCC1)c1ccco1. The Morgan fingerprint density at radius 3 is 2.86 bits per heavy atom. The summed E-state index contributed by atoms with van der Waals surface area (Å²) < 4.78 is 5.06. The summed E-state index contributed by atoms with van der Waals surface area (Å²) in [6.07, 6.45) is 8.57. The normalized spacial score (nSPS) is 17.4. The average Bonchev–Trinajstić information content (AvgIpc) is 2.87. The van der Waals surface area contributed by atoms with Crippen molar-refractivity contribution in [2.75, 3.05) is 0 Å². The van der Waals surface area contributed by atoms with Crippen LogP contribution < -0.4 is 0 Å². The summed E-state index contributed by atoms with van der Waals surface area (Å²) in [6.45, 7) is 0. The molecule has 76 valence electrons. The number of furan rings is 1. The van der Waals surface area contributed by atoms with Crippen LogP contribution in [0, 0.1) is 5.92 Å². The number of carbonyl (C=O) groups excluding carboxylic acids is 1. The lowest BCUT2D eigenvalue weighted by Gasteiger charge is -2.05. The van der Waals surface area contributed by atoms with Crippen molar-refractivity contribution in [1.82, 2.24) is 0 Å². The quantitative estimate of drug-likeness (QED) is 0.684. The van der Waals surface area contributed by atoms with E-state index in [4.69, 9.17) is 4.42 Å². The summed E-state index contributed by atoms with van der Waals surface area (Å²) in [7, 11) is 0. The van der Waals surface area contributed by atoms with Crippen LogP contribution in [0.15, 0.2) is 22.8 Å². The topological polar surface area (TPSA) is 30.2 Å². The largest absolute Gasteiger partial charge is 0.461 e. The van der Waals surface area contributed by atoms with Gasteiger partial charge in [0, 0.05) is 6.42 Å². The molecule has 0 unspecified atom stereocenters. The van der Waals surface area contributed by atoms with E-state index in [2.05, 4.69) is 0 Å². The maximum Gasteiger partial charge on any atom is 0.197 e. The van der Waals surface area contributed by atoms with E-state index in [1.165, 1.54) is 25.7 Å². The lowest BCUT2D eigenvalue weighted by molar-refractivity contribution is 0.0947. The first-order valence-corrected chi connectivity index (χ1v) is 5.43. The zero-order valence-corrected chi connectivity index (χ0v) is 8.37. The van der Waals surface area contributed by atoms with E-state index in [0.717, 1.165) is 12.3 Å². The fraction of sp³-hybridized carbons (Fsp3) is 0.583. The third-order valence-electron chi connectivity index (χ3n) is 3.05. The number of hydrogen-bond acceptors (Lipinski definition) is 2. The van der Waals surface area contributed by atoms with Gasteiger partial charge >= 0.3 is 0 Å². The third-order valence-corrected chi connectivity index (χ3v) is 3.05. The number of carbonyl (C=O) groups is 1. The molecular formula is C12H16O2. The molecule has 2 nitrogen and oxygen atoms in total. The van der Waals surface area contributed by atoms with Crippen LogP contribution in [0.2, 0.25) is 0 Å². The van der Waals surface area contributed by atoms with Gasteiger partial charge in [0.05, 0.1) is 6.26 Å². The van der Waals surface area contributed by atoms with Crippen LogP contribution in [-0.4, -0.2) is 5.78 Å². The predicted molar refractivity (Wildman–Crippen MR) is 54.2 cm³/mol. The summed E-state index contributed by atoms with van der Waals surface area (Å²) in [5, 5.41) is 0. The molecule has 2 rings (SSSR count). The zero-order valence-electron chi connectivity index (χ0n) is 8.37. The Balaban J connectivity index is 1.78. The Morgan fingerprint density at radius 2 is 2.21 bits per heavy atom. The van der Waals surface area contributed by atoms with Crippen LogP contribution in [0.25, 0.3) is 0 Å². The van der Waals surface area contributed by atoms with Crippen molar-refractivity contribution in [1.29, 1.82) is 0 Å². The molecule has 1 aliphatic carbocycles. The first-order chi connectivity index (χ1) is 6.86. The molecule has 0 bridgehead atoms. The van der Waals surface area contributed by atoms with Gasteiger partial charge in [0.2, 0.25) is 0 Å². The number of ketones is 1. The van der Waals surface area contributed by atoms with Gasteiger partial charge in [-0.1, -0.05) is 25.7 Å². The molecule has 1 aromatic heterocycles. The van der Waals surface area contributed by atoms with Crippen LogP contribution in [-0.2, 0) is 0 Å². The summed E-state index contributed by atoms with van der Waals surface area (Å²) >= 11 is 0. The molecule has 0 aromatic carbocycles. The van der Waals surface area contributed by atoms with Gasteiger partial charge in [-0.25, -0.2) is 0 Å². The van der Waals surface area contributed by atoms with Crippen LogP contribution in [0.1, 0.15) is 49.1 Å². The van der Waals surface area contributed by atoms with Crippen molar-refractivity contribution >= 4 is 5.78 Å². The molecular weight excluding hydrogens is 176 g/mol. The molecule has 1 saturated carbocycles. The maximum atomic E-state index is 11.6. The van der Waals surface area contributed by atoms with Gasteiger partial charge in [-0.3, -0.25) is 4.79 Å². The summed E-state index contributed by atoms with van der Waals surface area (Å²) in [5.41, 5.74) is 0. The standard InChI is InChI=1S/C12H16O2/c13-11(12-6-3-9-14-12)8-7-10-4-1-2-5-10/h3,6,9-10H,1-2,4-5,7-8H2. The van der Waals surface area contributed by atoms with Gasteiger partial charge in [0.25, 0.3) is 0 Å². The van der Waals surface area contributed by atoms with E-state index in [0.29, 0.717) is 12.2 Å². The van der Waals surface area contributed by atoms with Crippen molar-refractivity contribution in [3.05, 3.63) is 24.2 Å². The highest BCUT2D eigenvalue weighted by Gasteiger charge is 2.17. The number of rotatable bonds is 4. The van der Waals surface area contributed by atoms with E-state index in [1.807, 2.05) is 0 Å². The maximum absolute atomic E-state index is 11.6. The molecule has 1 fully saturated rings. The molecule has 0 amide bonds. The first kappa shape index (κ1) is 9.50. The smallest absolute Gasteiger partial charge is 0.197 e. The monoisotopic (exact) mass is 192 g/mol. The molecule has 1 aromatic rings. The van der Waals surface area contributed by atoms with Gasteiger partial charge in [-0.05, 0) is 24.5 Å². The average molecular weight is 192 g/mol. The predicted octanol–water partition coefficient (Wildman–Crippen LogP) is 3.43. The highest BCUT2D eigenvalue weighted by Crippen LogP contribution is 2.28. The number of hydrogen-bond donors (Lipinski definition) is 0. The van der Waals surface area contributed by atoms with E-state index in [1.54, 1.807) is 18.4 Å². The lowest BCUT2D eigenvalue weighted by Crippen LogP contribution is -2.01. The molecule has 14 heavy (non-hydrogen) atoms. The molecule has 0 spiro atoms. The van der Waals surface area contributed by atoms with E-state index >= 15 is 0 Å². The molecule has 1 aliphatic rings. The fourth-order valence-electron chi connectivity index (χ4n) is 2.19. The molecule has 0 aliphatic heterocycles. The van der Waals surface area contributed by atoms with E-state index in [-0.39, 0.29) is 5.78 Å². The van der Waals surface area contributed by atoms with Crippen LogP contribution in [0.3, 0.4) is 0 Å². The van der Waals surface area contributed by atoms with Crippen molar-refractivity contribution in [3.63, 3.8) is 0 Å². The van der Waals surface area contributed by atoms with Gasteiger partial charge in [0.1, 0.15) is 0 Å². The fourth-order valence-corrected chi connectivity index (χ4v) is 2.19. The zero-order chi connectivity index (χ0) is 9.80. The molecule has 1 heterocycles. The summed E-state index contributed by atoms with van der Waals surface area (Å²) in [6, 6.07) is 3.51. The van der Waals surface area contributed by atoms with Crippen LogP contribution >= 0.6 is 0 Å².